The highest BCUT2D eigenvalue weighted by Gasteiger charge is 2.24. The number of hydrogen-bond acceptors (Lipinski definition) is 8. The molecule has 0 amide bonds. The number of aromatic nitrogens is 3. The second kappa shape index (κ2) is 4.84. The number of nitro groups is 1. The van der Waals surface area contributed by atoms with E-state index in [1.807, 2.05) is 0 Å². The normalized spacial score (nSPS) is 10.7. The van der Waals surface area contributed by atoms with Crippen LogP contribution >= 0.6 is 11.8 Å². The van der Waals surface area contributed by atoms with Gasteiger partial charge in [0, 0.05) is 0 Å². The van der Waals surface area contributed by atoms with Gasteiger partial charge in [-0.25, -0.2) is 9.97 Å². The number of nitrogens with two attached hydrogens (primary N) is 1. The summed E-state index contributed by atoms with van der Waals surface area (Å²) in [6.45, 7) is 5.06. The molecule has 2 aromatic heterocycles. The Morgan fingerprint density at radius 2 is 1.89 bits per heavy atom. The lowest BCUT2D eigenvalue weighted by molar-refractivity contribution is -0.389. The quantitative estimate of drug-likeness (QED) is 0.515. The minimum Gasteiger partial charge on any atom is -0.436 e. The highest BCUT2D eigenvalue weighted by molar-refractivity contribution is 7.99. The molecule has 0 spiro atoms. The van der Waals surface area contributed by atoms with Gasteiger partial charge in [-0.1, -0.05) is 0 Å². The fourth-order valence-electron chi connectivity index (χ4n) is 1.41. The van der Waals surface area contributed by atoms with Crippen LogP contribution < -0.4 is 5.73 Å². The van der Waals surface area contributed by atoms with Crippen LogP contribution in [-0.2, 0) is 0 Å². The summed E-state index contributed by atoms with van der Waals surface area (Å²) in [6.07, 6.45) is 0. The van der Waals surface area contributed by atoms with Gasteiger partial charge in [0.15, 0.2) is 5.03 Å². The summed E-state index contributed by atoms with van der Waals surface area (Å²) in [4.78, 5) is 22.3. The van der Waals surface area contributed by atoms with Crippen LogP contribution in [0.4, 0.5) is 11.6 Å². The maximum Gasteiger partial charge on any atom is 0.323 e. The molecule has 100 valence electrons. The van der Waals surface area contributed by atoms with Crippen molar-refractivity contribution in [3.63, 3.8) is 0 Å². The number of nitrogens with zero attached hydrogens (tertiary/aromatic N) is 4. The summed E-state index contributed by atoms with van der Waals surface area (Å²) >= 11 is 0.955. The van der Waals surface area contributed by atoms with E-state index in [-0.39, 0.29) is 27.6 Å². The van der Waals surface area contributed by atoms with E-state index in [4.69, 9.17) is 10.2 Å². The number of nitrogen functional groups attached to an aromatic ring is 1. The molecule has 0 aliphatic carbocycles. The van der Waals surface area contributed by atoms with Gasteiger partial charge in [0.05, 0.1) is 10.6 Å². The summed E-state index contributed by atoms with van der Waals surface area (Å²) < 4.78 is 5.36. The predicted octanol–water partition coefficient (Wildman–Crippen LogP) is 2.03. The Morgan fingerprint density at radius 3 is 2.42 bits per heavy atom. The third-order valence-electron chi connectivity index (χ3n) is 2.42. The monoisotopic (exact) mass is 281 g/mol. The number of hydrogen-bond donors (Lipinski definition) is 1. The fourth-order valence-corrected chi connectivity index (χ4v) is 2.39. The number of rotatable bonds is 3. The van der Waals surface area contributed by atoms with Crippen molar-refractivity contribution in [1.82, 2.24) is 15.0 Å². The Morgan fingerprint density at radius 1 is 1.21 bits per heavy atom. The van der Waals surface area contributed by atoms with Crippen molar-refractivity contribution in [3.8, 4) is 0 Å². The van der Waals surface area contributed by atoms with Gasteiger partial charge in [0.25, 0.3) is 5.22 Å². The zero-order valence-corrected chi connectivity index (χ0v) is 11.3. The second-order valence-corrected chi connectivity index (χ2v) is 4.74. The van der Waals surface area contributed by atoms with Gasteiger partial charge in [-0.15, -0.1) is 0 Å². The molecule has 8 nitrogen and oxygen atoms in total. The van der Waals surface area contributed by atoms with Gasteiger partial charge in [-0.05, 0) is 32.5 Å². The van der Waals surface area contributed by atoms with Crippen LogP contribution in [-0.4, -0.2) is 19.9 Å². The zero-order chi connectivity index (χ0) is 14.2. The van der Waals surface area contributed by atoms with Crippen molar-refractivity contribution in [2.45, 2.75) is 31.0 Å². The SMILES string of the molecule is Cc1nc(Sc2nc(N)nc(C)c2[N+](=O)[O-])oc1C. The molecule has 0 aromatic carbocycles. The fraction of sp³-hybridized carbons (Fsp3) is 0.300. The number of aryl methyl sites for hydroxylation is 3. The average molecular weight is 281 g/mol. The molecular formula is C10H11N5O3S. The molecule has 2 aromatic rings. The lowest BCUT2D eigenvalue weighted by atomic mass is 10.4. The van der Waals surface area contributed by atoms with Crippen LogP contribution in [0.3, 0.4) is 0 Å². The largest absolute Gasteiger partial charge is 0.436 e. The summed E-state index contributed by atoms with van der Waals surface area (Å²) in [5.41, 5.74) is 6.25. The summed E-state index contributed by atoms with van der Waals surface area (Å²) in [7, 11) is 0. The lowest BCUT2D eigenvalue weighted by Gasteiger charge is -2.02. The summed E-state index contributed by atoms with van der Waals surface area (Å²) in [5, 5.41) is 11.4. The smallest absolute Gasteiger partial charge is 0.323 e. The average Bonchev–Trinajstić information content (AvgIpc) is 2.55. The Hall–Kier alpha value is -2.16. The molecule has 0 unspecified atom stereocenters. The van der Waals surface area contributed by atoms with Gasteiger partial charge < -0.3 is 10.2 Å². The van der Waals surface area contributed by atoms with E-state index in [0.29, 0.717) is 5.76 Å². The van der Waals surface area contributed by atoms with Crippen molar-refractivity contribution < 1.29 is 9.34 Å². The molecular weight excluding hydrogens is 270 g/mol. The van der Waals surface area contributed by atoms with Crippen LogP contribution in [0.15, 0.2) is 14.7 Å². The molecule has 9 heteroatoms. The first-order valence-corrected chi connectivity index (χ1v) is 6.10. The number of anilines is 1. The maximum absolute atomic E-state index is 11.0. The molecule has 2 N–H and O–H groups in total. The van der Waals surface area contributed by atoms with E-state index in [1.165, 1.54) is 6.92 Å². The first-order chi connectivity index (χ1) is 8.88. The van der Waals surface area contributed by atoms with Crippen molar-refractivity contribution in [2.24, 2.45) is 0 Å². The standard InChI is InChI=1S/C10H11N5O3S/c1-4-6(3)18-10(13-4)19-8-7(15(16)17)5(2)12-9(11)14-8/h1-3H3,(H2,11,12,14). The minimum absolute atomic E-state index is 0.0226. The first kappa shape index (κ1) is 13.3. The number of oxazole rings is 1. The second-order valence-electron chi connectivity index (χ2n) is 3.80. The highest BCUT2D eigenvalue weighted by atomic mass is 32.2. The van der Waals surface area contributed by atoms with E-state index in [2.05, 4.69) is 15.0 Å². The van der Waals surface area contributed by atoms with Crippen molar-refractivity contribution in [1.29, 1.82) is 0 Å². The van der Waals surface area contributed by atoms with Gasteiger partial charge >= 0.3 is 5.69 Å². The Balaban J connectivity index is 2.46. The summed E-state index contributed by atoms with van der Waals surface area (Å²) in [5.74, 6) is 0.634. The molecule has 19 heavy (non-hydrogen) atoms. The first-order valence-electron chi connectivity index (χ1n) is 5.29. The molecule has 0 fully saturated rings. The van der Waals surface area contributed by atoms with E-state index in [0.717, 1.165) is 17.5 Å². The highest BCUT2D eigenvalue weighted by Crippen LogP contribution is 2.35. The third-order valence-corrected chi connectivity index (χ3v) is 3.25. The van der Waals surface area contributed by atoms with E-state index in [1.54, 1.807) is 13.8 Å². The van der Waals surface area contributed by atoms with Crippen LogP contribution in [0, 0.1) is 30.9 Å². The predicted molar refractivity (Wildman–Crippen MR) is 67.9 cm³/mol. The van der Waals surface area contributed by atoms with Crippen molar-refractivity contribution in [3.05, 3.63) is 27.3 Å². The van der Waals surface area contributed by atoms with Gasteiger partial charge in [-0.2, -0.15) is 4.98 Å². The van der Waals surface area contributed by atoms with Gasteiger partial charge in [0.1, 0.15) is 11.5 Å². The van der Waals surface area contributed by atoms with Crippen molar-refractivity contribution >= 4 is 23.4 Å². The summed E-state index contributed by atoms with van der Waals surface area (Å²) in [6, 6.07) is 0. The zero-order valence-electron chi connectivity index (χ0n) is 10.5. The van der Waals surface area contributed by atoms with Crippen molar-refractivity contribution in [2.75, 3.05) is 5.73 Å². The van der Waals surface area contributed by atoms with Gasteiger partial charge in [0.2, 0.25) is 5.95 Å². The molecule has 0 bridgehead atoms. The Labute approximate surface area is 112 Å². The van der Waals surface area contributed by atoms with Crippen LogP contribution in [0.25, 0.3) is 0 Å². The third kappa shape index (κ3) is 2.65. The Kier molecular flexibility index (Phi) is 3.38. The molecule has 2 heterocycles. The molecule has 0 aliphatic heterocycles. The topological polar surface area (TPSA) is 121 Å². The maximum atomic E-state index is 11.0. The molecule has 0 saturated heterocycles. The molecule has 2 rings (SSSR count). The molecule has 0 saturated carbocycles. The van der Waals surface area contributed by atoms with E-state index < -0.39 is 4.92 Å². The van der Waals surface area contributed by atoms with E-state index in [9.17, 15) is 10.1 Å². The molecule has 0 aliphatic rings. The van der Waals surface area contributed by atoms with Crippen LogP contribution in [0.1, 0.15) is 17.1 Å². The molecule has 0 atom stereocenters. The minimum atomic E-state index is -0.542. The van der Waals surface area contributed by atoms with Crippen LogP contribution in [0.5, 0.6) is 0 Å². The molecule has 0 radical (unpaired) electrons. The lowest BCUT2D eigenvalue weighted by Crippen LogP contribution is -2.04. The van der Waals surface area contributed by atoms with Gasteiger partial charge in [-0.3, -0.25) is 10.1 Å². The van der Waals surface area contributed by atoms with Crippen LogP contribution in [0.2, 0.25) is 0 Å². The van der Waals surface area contributed by atoms with E-state index >= 15 is 0 Å². The Bertz CT molecular complexity index is 635.